The first-order valence-corrected chi connectivity index (χ1v) is 18.7. The molecule has 0 saturated heterocycles. The van der Waals surface area contributed by atoms with Gasteiger partial charge in [0.25, 0.3) is 0 Å². The molecule has 0 N–H and O–H groups in total. The van der Waals surface area contributed by atoms with Crippen molar-refractivity contribution in [3.8, 4) is 56.2 Å². The fourth-order valence-corrected chi connectivity index (χ4v) is 8.05. The Kier molecular flexibility index (Phi) is 8.00. The van der Waals surface area contributed by atoms with E-state index in [-0.39, 0.29) is 0 Å². The zero-order chi connectivity index (χ0) is 35.8. The van der Waals surface area contributed by atoms with Crippen LogP contribution in [-0.4, -0.2) is 9.97 Å². The minimum absolute atomic E-state index is 0.713. The largest absolute Gasteiger partial charge is 0.228 e. The fourth-order valence-electron chi connectivity index (χ4n) is 8.05. The molecule has 2 heteroatoms. The van der Waals surface area contributed by atoms with Gasteiger partial charge < -0.3 is 0 Å². The zero-order valence-electron chi connectivity index (χ0n) is 29.8. The van der Waals surface area contributed by atoms with E-state index in [0.717, 1.165) is 52.0 Å². The Bertz CT molecular complexity index is 2900. The summed E-state index contributed by atoms with van der Waals surface area (Å²) in [5, 5.41) is 7.70. The summed E-state index contributed by atoms with van der Waals surface area (Å²) in [7, 11) is 0. The smallest absolute Gasteiger partial charge is 0.160 e. The third-order valence-electron chi connectivity index (χ3n) is 10.7. The molecule has 2 nitrogen and oxygen atoms in total. The van der Waals surface area contributed by atoms with Gasteiger partial charge in [0.1, 0.15) is 0 Å². The van der Waals surface area contributed by atoms with Gasteiger partial charge in [-0.2, -0.15) is 0 Å². The summed E-state index contributed by atoms with van der Waals surface area (Å²) in [6, 6.07) is 63.2. The second-order valence-corrected chi connectivity index (χ2v) is 14.0. The first-order chi connectivity index (χ1) is 26.8. The SMILES string of the molecule is C1=CC(c2cccc(-c3cc(-c4ccccc4-c4cccc(-c5ccc6c7ccccc7c7ccccc7c6c5)c4)nc(-c4ccccc4)n3)c2)=CCC1. The lowest BCUT2D eigenvalue weighted by molar-refractivity contribution is 1.04. The van der Waals surface area contributed by atoms with Crippen LogP contribution in [0.1, 0.15) is 18.4 Å². The Morgan fingerprint density at radius 3 is 1.63 bits per heavy atom. The van der Waals surface area contributed by atoms with Gasteiger partial charge >= 0.3 is 0 Å². The number of nitrogens with zero attached hydrogens (tertiary/aromatic N) is 2. The third kappa shape index (κ3) is 5.79. The first kappa shape index (κ1) is 31.8. The summed E-state index contributed by atoms with van der Waals surface area (Å²) in [6.45, 7) is 0. The van der Waals surface area contributed by atoms with Crippen molar-refractivity contribution in [2.24, 2.45) is 0 Å². The van der Waals surface area contributed by atoms with E-state index in [1.54, 1.807) is 0 Å². The number of rotatable bonds is 6. The number of hydrogen-bond donors (Lipinski definition) is 0. The maximum atomic E-state index is 5.23. The van der Waals surface area contributed by atoms with Gasteiger partial charge in [0, 0.05) is 16.7 Å². The predicted octanol–water partition coefficient (Wildman–Crippen LogP) is 14.0. The molecule has 8 aromatic carbocycles. The molecule has 0 saturated carbocycles. The van der Waals surface area contributed by atoms with Crippen LogP contribution in [0.15, 0.2) is 194 Å². The molecule has 1 aliphatic rings. The van der Waals surface area contributed by atoms with Crippen molar-refractivity contribution in [3.05, 3.63) is 200 Å². The van der Waals surface area contributed by atoms with Crippen LogP contribution in [0.3, 0.4) is 0 Å². The highest BCUT2D eigenvalue weighted by atomic mass is 14.9. The molecule has 0 radical (unpaired) electrons. The van der Waals surface area contributed by atoms with Gasteiger partial charge in [-0.15, -0.1) is 0 Å². The number of benzene rings is 8. The Balaban J connectivity index is 1.10. The molecule has 1 aliphatic carbocycles. The van der Waals surface area contributed by atoms with Gasteiger partial charge in [0.15, 0.2) is 5.82 Å². The topological polar surface area (TPSA) is 25.8 Å². The molecule has 0 amide bonds. The van der Waals surface area contributed by atoms with Gasteiger partial charge in [-0.25, -0.2) is 9.97 Å². The second-order valence-electron chi connectivity index (χ2n) is 14.0. The highest BCUT2D eigenvalue weighted by molar-refractivity contribution is 6.25. The van der Waals surface area contributed by atoms with Crippen LogP contribution in [0.5, 0.6) is 0 Å². The molecule has 0 aliphatic heterocycles. The molecular formula is C52H36N2. The number of allylic oxidation sites excluding steroid dienone is 4. The summed E-state index contributed by atoms with van der Waals surface area (Å²) < 4.78 is 0. The van der Waals surface area contributed by atoms with Gasteiger partial charge in [-0.1, -0.05) is 170 Å². The van der Waals surface area contributed by atoms with Gasteiger partial charge in [-0.3, -0.25) is 0 Å². The monoisotopic (exact) mass is 688 g/mol. The number of hydrogen-bond acceptors (Lipinski definition) is 2. The van der Waals surface area contributed by atoms with E-state index in [4.69, 9.17) is 9.97 Å². The van der Waals surface area contributed by atoms with Gasteiger partial charge in [0.2, 0.25) is 0 Å². The van der Waals surface area contributed by atoms with Gasteiger partial charge in [0.05, 0.1) is 11.4 Å². The van der Waals surface area contributed by atoms with E-state index in [9.17, 15) is 0 Å². The van der Waals surface area contributed by atoms with E-state index < -0.39 is 0 Å². The highest BCUT2D eigenvalue weighted by Gasteiger charge is 2.16. The molecule has 1 aromatic heterocycles. The molecule has 0 unspecified atom stereocenters. The van der Waals surface area contributed by atoms with Gasteiger partial charge in [-0.05, 0) is 103 Å². The maximum Gasteiger partial charge on any atom is 0.160 e. The molecule has 0 atom stereocenters. The van der Waals surface area contributed by atoms with Crippen molar-refractivity contribution in [2.45, 2.75) is 12.8 Å². The molecule has 0 spiro atoms. The molecule has 9 aromatic rings. The molecule has 0 fully saturated rings. The lowest BCUT2D eigenvalue weighted by atomic mass is 9.91. The summed E-state index contributed by atoms with van der Waals surface area (Å²) >= 11 is 0. The van der Waals surface area contributed by atoms with E-state index in [0.29, 0.717) is 5.82 Å². The van der Waals surface area contributed by atoms with Crippen molar-refractivity contribution in [3.63, 3.8) is 0 Å². The van der Waals surface area contributed by atoms with Crippen molar-refractivity contribution in [1.82, 2.24) is 9.97 Å². The van der Waals surface area contributed by atoms with E-state index in [2.05, 4.69) is 176 Å². The average Bonchev–Trinajstić information content (AvgIpc) is 3.27. The Morgan fingerprint density at radius 1 is 0.333 bits per heavy atom. The molecule has 54 heavy (non-hydrogen) atoms. The summed E-state index contributed by atoms with van der Waals surface area (Å²) in [5.74, 6) is 0.713. The number of aromatic nitrogens is 2. The Hall–Kier alpha value is -6.90. The zero-order valence-corrected chi connectivity index (χ0v) is 29.8. The fraction of sp³-hybridized carbons (Fsp3) is 0.0385. The lowest BCUT2D eigenvalue weighted by Gasteiger charge is -2.15. The lowest BCUT2D eigenvalue weighted by Crippen LogP contribution is -1.97. The normalized spacial score (nSPS) is 12.7. The molecule has 10 rings (SSSR count). The average molecular weight is 689 g/mol. The van der Waals surface area contributed by atoms with Crippen molar-refractivity contribution in [1.29, 1.82) is 0 Å². The summed E-state index contributed by atoms with van der Waals surface area (Å²) in [5.41, 5.74) is 12.0. The maximum absolute atomic E-state index is 5.23. The highest BCUT2D eigenvalue weighted by Crippen LogP contribution is 2.39. The molecule has 0 bridgehead atoms. The Morgan fingerprint density at radius 2 is 0.889 bits per heavy atom. The minimum atomic E-state index is 0.713. The summed E-state index contributed by atoms with van der Waals surface area (Å²) in [4.78, 5) is 10.4. The number of fused-ring (bicyclic) bond motifs is 6. The third-order valence-corrected chi connectivity index (χ3v) is 10.7. The van der Waals surface area contributed by atoms with Crippen molar-refractivity contribution < 1.29 is 0 Å². The Labute approximate surface area is 315 Å². The minimum Gasteiger partial charge on any atom is -0.228 e. The van der Waals surface area contributed by atoms with Crippen LogP contribution >= 0.6 is 0 Å². The van der Waals surface area contributed by atoms with Crippen molar-refractivity contribution >= 4 is 37.9 Å². The quantitative estimate of drug-likeness (QED) is 0.163. The second kappa shape index (κ2) is 13.6. The van der Waals surface area contributed by atoms with E-state index in [1.807, 2.05) is 18.2 Å². The van der Waals surface area contributed by atoms with E-state index in [1.165, 1.54) is 54.6 Å². The molecule has 1 heterocycles. The molecular weight excluding hydrogens is 653 g/mol. The molecule has 254 valence electrons. The van der Waals surface area contributed by atoms with Crippen LogP contribution in [0.25, 0.3) is 94.0 Å². The van der Waals surface area contributed by atoms with Crippen LogP contribution in [-0.2, 0) is 0 Å². The predicted molar refractivity (Wildman–Crippen MR) is 228 cm³/mol. The van der Waals surface area contributed by atoms with Crippen LogP contribution in [0.4, 0.5) is 0 Å². The van der Waals surface area contributed by atoms with E-state index >= 15 is 0 Å². The standard InChI is InChI=1S/C52H36N2/c1-3-15-35(16-4-1)37-19-14-22-41(32-37)50-34-51(54-52(53-50)36-17-5-2-6-18-36)48-28-12-7-23-42(48)40-21-13-20-38(31-40)39-29-30-47-45-26-9-8-24-43(45)44-25-10-11-27-46(44)49(47)33-39/h2-3,5-34H,1,4H2. The summed E-state index contributed by atoms with van der Waals surface area (Å²) in [6.07, 6.45) is 8.98. The van der Waals surface area contributed by atoms with Crippen LogP contribution < -0.4 is 0 Å². The first-order valence-electron chi connectivity index (χ1n) is 18.7. The van der Waals surface area contributed by atoms with Crippen molar-refractivity contribution in [2.75, 3.05) is 0 Å². The van der Waals surface area contributed by atoms with Crippen LogP contribution in [0.2, 0.25) is 0 Å². The van der Waals surface area contributed by atoms with Crippen LogP contribution in [0, 0.1) is 0 Å².